The van der Waals surface area contributed by atoms with Gasteiger partial charge in [-0.25, -0.2) is 4.79 Å². The van der Waals surface area contributed by atoms with Gasteiger partial charge in [0.1, 0.15) is 5.75 Å². The van der Waals surface area contributed by atoms with E-state index in [1.807, 2.05) is 0 Å². The molecule has 1 aromatic rings. The van der Waals surface area contributed by atoms with Crippen molar-refractivity contribution in [3.05, 3.63) is 29.8 Å². The van der Waals surface area contributed by atoms with Crippen molar-refractivity contribution in [2.24, 2.45) is 0 Å². The Morgan fingerprint density at radius 1 is 0.962 bits per heavy atom. The lowest BCUT2D eigenvalue weighted by molar-refractivity contribution is -0.134. The number of esters is 1. The van der Waals surface area contributed by atoms with E-state index in [-0.39, 0.29) is 17.1 Å². The second-order valence-corrected chi connectivity index (χ2v) is 8.71. The smallest absolute Gasteiger partial charge is 0.384 e. The number of carbonyl (C=O) groups excluding carboxylic acids is 1. The first-order valence-electron chi connectivity index (χ1n) is 7.03. The fourth-order valence-corrected chi connectivity index (χ4v) is 2.42. The van der Waals surface area contributed by atoms with Crippen LogP contribution in [0.3, 0.4) is 0 Å². The third-order valence-electron chi connectivity index (χ3n) is 2.87. The van der Waals surface area contributed by atoms with E-state index in [0.717, 1.165) is 14.7 Å². The quantitative estimate of drug-likeness (QED) is 0.443. The van der Waals surface area contributed by atoms with Gasteiger partial charge in [-0.2, -0.15) is 25.4 Å². The lowest BCUT2D eigenvalue weighted by atomic mass is 10.2. The molecule has 0 aliphatic rings. The zero-order valence-electron chi connectivity index (χ0n) is 14.9. The van der Waals surface area contributed by atoms with Gasteiger partial charge in [0.15, 0.2) is 5.75 Å². The summed E-state index contributed by atoms with van der Waals surface area (Å²) in [6, 6.07) is 3.64. The van der Waals surface area contributed by atoms with Crippen molar-refractivity contribution < 1.29 is 34.7 Å². The number of benzene rings is 1. The van der Waals surface area contributed by atoms with Crippen LogP contribution in [0.4, 0.5) is 0 Å². The molecule has 0 bridgehead atoms. The van der Waals surface area contributed by atoms with Crippen molar-refractivity contribution in [1.82, 2.24) is 8.61 Å². The summed E-state index contributed by atoms with van der Waals surface area (Å²) in [6.07, 6.45) is 2.23. The minimum atomic E-state index is -4.06. The van der Waals surface area contributed by atoms with E-state index in [1.54, 1.807) is 0 Å². The molecule has 0 radical (unpaired) electrons. The van der Waals surface area contributed by atoms with Crippen molar-refractivity contribution in [3.63, 3.8) is 0 Å². The van der Waals surface area contributed by atoms with Crippen LogP contribution in [-0.2, 0) is 30.1 Å². The first kappa shape index (κ1) is 21.9. The number of methoxy groups -OCH3 is 1. The molecular formula is C14H20N2O8S2. The normalized spacial score (nSPS) is 12.6. The Labute approximate surface area is 153 Å². The second kappa shape index (κ2) is 8.49. The molecule has 0 saturated heterocycles. The monoisotopic (exact) mass is 408 g/mol. The number of rotatable bonds is 8. The van der Waals surface area contributed by atoms with Crippen LogP contribution < -0.4 is 8.37 Å². The molecule has 0 aliphatic carbocycles. The van der Waals surface area contributed by atoms with Gasteiger partial charge >= 0.3 is 26.6 Å². The van der Waals surface area contributed by atoms with Crippen LogP contribution in [0.25, 0.3) is 6.08 Å². The Hall–Kier alpha value is -2.15. The molecule has 0 N–H and O–H groups in total. The summed E-state index contributed by atoms with van der Waals surface area (Å²) < 4.78 is 63.5. The van der Waals surface area contributed by atoms with Gasteiger partial charge in [-0.3, -0.25) is 0 Å². The number of carbonyl (C=O) groups is 1. The topological polar surface area (TPSA) is 120 Å². The molecule has 26 heavy (non-hydrogen) atoms. The molecule has 0 aromatic heterocycles. The fourth-order valence-electron chi connectivity index (χ4n) is 1.39. The van der Waals surface area contributed by atoms with Crippen LogP contribution in [0.2, 0.25) is 0 Å². The van der Waals surface area contributed by atoms with Crippen LogP contribution in [0.1, 0.15) is 5.56 Å². The summed E-state index contributed by atoms with van der Waals surface area (Å²) in [4.78, 5) is 11.3. The molecule has 0 atom stereocenters. The van der Waals surface area contributed by atoms with Crippen molar-refractivity contribution in [1.29, 1.82) is 0 Å². The standard InChI is InChI=1S/C14H20N2O8S2/c1-15(2)25(18,19)23-12-7-8-13(24-26(20,21)16(3)4)11(10-12)6-9-14(17)22-5/h6-10H,1-5H3. The van der Waals surface area contributed by atoms with Gasteiger partial charge in [-0.1, -0.05) is 0 Å². The van der Waals surface area contributed by atoms with Gasteiger partial charge in [0.05, 0.1) is 7.11 Å². The summed E-state index contributed by atoms with van der Waals surface area (Å²) >= 11 is 0. The molecule has 0 amide bonds. The molecule has 0 fully saturated rings. The minimum absolute atomic E-state index is 0.0901. The summed E-state index contributed by atoms with van der Waals surface area (Å²) in [5.74, 6) is -0.926. The van der Waals surface area contributed by atoms with Gasteiger partial charge in [0.25, 0.3) is 0 Å². The number of ether oxygens (including phenoxy) is 1. The number of hydrogen-bond donors (Lipinski definition) is 0. The lowest BCUT2D eigenvalue weighted by Crippen LogP contribution is -2.27. The predicted molar refractivity (Wildman–Crippen MR) is 94.0 cm³/mol. The zero-order chi connectivity index (χ0) is 20.1. The number of nitrogens with zero attached hydrogens (tertiary/aromatic N) is 2. The first-order chi connectivity index (χ1) is 11.9. The van der Waals surface area contributed by atoms with Crippen molar-refractivity contribution >= 4 is 32.7 Å². The van der Waals surface area contributed by atoms with E-state index in [0.29, 0.717) is 0 Å². The Balaban J connectivity index is 3.34. The van der Waals surface area contributed by atoms with E-state index < -0.39 is 26.6 Å². The molecular weight excluding hydrogens is 388 g/mol. The summed E-state index contributed by atoms with van der Waals surface area (Å²) in [5, 5.41) is 0. The highest BCUT2D eigenvalue weighted by molar-refractivity contribution is 7.84. The fraction of sp³-hybridized carbons (Fsp3) is 0.357. The van der Waals surface area contributed by atoms with Gasteiger partial charge in [0, 0.05) is 39.8 Å². The first-order valence-corrected chi connectivity index (χ1v) is 9.76. The van der Waals surface area contributed by atoms with E-state index in [9.17, 15) is 21.6 Å². The van der Waals surface area contributed by atoms with Gasteiger partial charge in [-0.05, 0) is 24.3 Å². The van der Waals surface area contributed by atoms with E-state index in [4.69, 9.17) is 8.37 Å². The van der Waals surface area contributed by atoms with Crippen LogP contribution in [0.15, 0.2) is 24.3 Å². The van der Waals surface area contributed by atoms with Gasteiger partial charge < -0.3 is 13.1 Å². The summed E-state index contributed by atoms with van der Waals surface area (Å²) in [7, 11) is -1.78. The lowest BCUT2D eigenvalue weighted by Gasteiger charge is -2.15. The molecule has 0 spiro atoms. The Bertz CT molecular complexity index is 890. The molecule has 146 valence electrons. The Morgan fingerprint density at radius 3 is 2.00 bits per heavy atom. The van der Waals surface area contributed by atoms with E-state index in [2.05, 4.69) is 4.74 Å². The van der Waals surface area contributed by atoms with Crippen molar-refractivity contribution in [3.8, 4) is 11.5 Å². The van der Waals surface area contributed by atoms with Crippen molar-refractivity contribution in [2.45, 2.75) is 0 Å². The van der Waals surface area contributed by atoms with Gasteiger partial charge in [-0.15, -0.1) is 0 Å². The molecule has 1 rings (SSSR count). The molecule has 10 nitrogen and oxygen atoms in total. The zero-order valence-corrected chi connectivity index (χ0v) is 16.5. The number of hydrogen-bond acceptors (Lipinski definition) is 8. The maximum Gasteiger partial charge on any atom is 0.384 e. The third kappa shape index (κ3) is 5.98. The van der Waals surface area contributed by atoms with Crippen LogP contribution >= 0.6 is 0 Å². The largest absolute Gasteiger partial charge is 0.466 e. The minimum Gasteiger partial charge on any atom is -0.466 e. The average Bonchev–Trinajstić information content (AvgIpc) is 2.53. The highest BCUT2D eigenvalue weighted by atomic mass is 32.2. The third-order valence-corrected chi connectivity index (χ3v) is 5.45. The SMILES string of the molecule is COC(=O)C=Cc1cc(OS(=O)(=O)N(C)C)ccc1OS(=O)(=O)N(C)C. The second-order valence-electron chi connectivity index (χ2n) is 5.20. The highest BCUT2D eigenvalue weighted by Gasteiger charge is 2.20. The molecule has 1 aromatic carbocycles. The average molecular weight is 408 g/mol. The maximum atomic E-state index is 11.9. The Morgan fingerprint density at radius 2 is 1.50 bits per heavy atom. The summed E-state index contributed by atoms with van der Waals surface area (Å²) in [5.41, 5.74) is 0.0901. The van der Waals surface area contributed by atoms with Crippen LogP contribution in [0.5, 0.6) is 11.5 Å². The van der Waals surface area contributed by atoms with Crippen LogP contribution in [-0.4, -0.2) is 66.7 Å². The molecule has 0 aliphatic heterocycles. The maximum absolute atomic E-state index is 11.9. The van der Waals surface area contributed by atoms with E-state index in [1.165, 1.54) is 59.6 Å². The van der Waals surface area contributed by atoms with Crippen LogP contribution in [0, 0.1) is 0 Å². The van der Waals surface area contributed by atoms with E-state index >= 15 is 0 Å². The Kier molecular flexibility index (Phi) is 7.15. The predicted octanol–water partition coefficient (Wildman–Crippen LogP) is 0.243. The molecule has 12 heteroatoms. The molecule has 0 heterocycles. The van der Waals surface area contributed by atoms with Gasteiger partial charge in [0.2, 0.25) is 0 Å². The molecule has 0 saturated carbocycles. The molecule has 0 unspecified atom stereocenters. The van der Waals surface area contributed by atoms with Crippen molar-refractivity contribution in [2.75, 3.05) is 35.3 Å². The summed E-state index contributed by atoms with van der Waals surface area (Å²) in [6.45, 7) is 0. The highest BCUT2D eigenvalue weighted by Crippen LogP contribution is 2.28.